The second kappa shape index (κ2) is 29.4. The fourth-order valence-corrected chi connectivity index (χ4v) is 8.83. The van der Waals surface area contributed by atoms with Crippen LogP contribution in [0.2, 0.25) is 0 Å². The van der Waals surface area contributed by atoms with Gasteiger partial charge >= 0.3 is 49.2 Å². The number of rotatable bonds is 9. The zero-order valence-corrected chi connectivity index (χ0v) is 44.7. The molecule has 0 saturated carbocycles. The van der Waals surface area contributed by atoms with E-state index in [9.17, 15) is 71.9 Å². The second-order valence-electron chi connectivity index (χ2n) is 20.4. The Morgan fingerprint density at radius 2 is 0.738 bits per heavy atom. The highest BCUT2D eigenvalue weighted by Crippen LogP contribution is 2.37. The molecule has 0 unspecified atom stereocenters. The molecular formula is C50H64F12N8O10. The van der Waals surface area contributed by atoms with E-state index >= 15 is 0 Å². The summed E-state index contributed by atoms with van der Waals surface area (Å²) in [5, 5.41) is 0. The summed E-state index contributed by atoms with van der Waals surface area (Å²) < 4.78 is 160. The van der Waals surface area contributed by atoms with Crippen LogP contribution in [0.4, 0.5) is 62.3 Å². The summed E-state index contributed by atoms with van der Waals surface area (Å²) in [5.41, 5.74) is 4.67. The van der Waals surface area contributed by atoms with E-state index in [1.807, 2.05) is 72.0 Å². The molecule has 0 aliphatic carbocycles. The van der Waals surface area contributed by atoms with Gasteiger partial charge in [-0.2, -0.15) is 71.9 Å². The van der Waals surface area contributed by atoms with Gasteiger partial charge in [0.25, 0.3) is 24.0 Å². The summed E-state index contributed by atoms with van der Waals surface area (Å²) >= 11 is 0. The third-order valence-electron chi connectivity index (χ3n) is 12.8. The third kappa shape index (κ3) is 21.6. The Bertz CT molecular complexity index is 2390. The van der Waals surface area contributed by atoms with Gasteiger partial charge in [-0.1, -0.05) is 56.2 Å². The van der Waals surface area contributed by atoms with Crippen molar-refractivity contribution in [3.63, 3.8) is 0 Å². The number of hydrogen-bond acceptors (Lipinski definition) is 14. The van der Waals surface area contributed by atoms with Crippen molar-refractivity contribution >= 4 is 36.3 Å². The Morgan fingerprint density at radius 1 is 0.463 bits per heavy atom. The number of ether oxygens (including phenoxy) is 2. The maximum absolute atomic E-state index is 13.4. The topological polar surface area (TPSA) is 181 Å². The van der Waals surface area contributed by atoms with Crippen molar-refractivity contribution < 1.29 is 101 Å². The van der Waals surface area contributed by atoms with E-state index in [1.54, 1.807) is 4.90 Å². The molecule has 18 nitrogen and oxygen atoms in total. The van der Waals surface area contributed by atoms with Crippen LogP contribution in [0, 0.1) is 19.3 Å². The Hall–Kier alpha value is -6.32. The fraction of sp³-hybridized carbons (Fsp3) is 0.640. The third-order valence-corrected chi connectivity index (χ3v) is 12.8. The smallest absolute Gasteiger partial charge is 0.426 e. The highest BCUT2D eigenvalue weighted by atomic mass is 19.4. The normalized spacial score (nSPS) is 17.4. The Kier molecular flexibility index (Phi) is 25.0. The van der Waals surface area contributed by atoms with E-state index in [0.717, 1.165) is 64.8 Å². The quantitative estimate of drug-likeness (QED) is 0.248. The highest BCUT2D eigenvalue weighted by molar-refractivity contribution is 5.96. The van der Waals surface area contributed by atoms with Crippen molar-refractivity contribution in [3.05, 3.63) is 69.8 Å². The lowest BCUT2D eigenvalue weighted by molar-refractivity contribution is -0.309. The Labute approximate surface area is 453 Å². The van der Waals surface area contributed by atoms with Gasteiger partial charge in [0.1, 0.15) is 0 Å². The maximum atomic E-state index is 13.4. The van der Waals surface area contributed by atoms with Crippen molar-refractivity contribution in [2.45, 2.75) is 84.6 Å². The van der Waals surface area contributed by atoms with Crippen LogP contribution >= 0.6 is 0 Å². The first-order chi connectivity index (χ1) is 37.0. The fourth-order valence-electron chi connectivity index (χ4n) is 8.83. The first-order valence-electron chi connectivity index (χ1n) is 24.8. The van der Waals surface area contributed by atoms with Gasteiger partial charge in [0.15, 0.2) is 0 Å². The van der Waals surface area contributed by atoms with E-state index < -0.39 is 49.1 Å². The molecule has 0 aromatic heterocycles. The molecule has 0 N–H and O–H groups in total. The van der Waals surface area contributed by atoms with Crippen LogP contribution in [0.3, 0.4) is 0 Å². The molecule has 6 rings (SSSR count). The van der Waals surface area contributed by atoms with Crippen LogP contribution in [0.15, 0.2) is 36.4 Å². The van der Waals surface area contributed by atoms with Crippen molar-refractivity contribution in [2.75, 3.05) is 118 Å². The van der Waals surface area contributed by atoms with E-state index in [0.29, 0.717) is 50.4 Å². The molecule has 30 heteroatoms. The SMILES string of the molecule is Cc1ccc(CN2CCN(C(=O)OC(C(F)(F)F)C(F)(F)F)CC2)c(C(=O)N2CCN(C)CC2)c1.Cc1ccc(CN2CCN(C(=O)OC(C(F)(F)F)C(F)(F)F)CC2)c(C(=O)N2CCN(CC(C)(C)C)CC2)c1.O=C=O.O=C=O. The lowest BCUT2D eigenvalue weighted by atomic mass is 9.95. The largest absolute Gasteiger partial charge is 0.434 e. The Balaban J connectivity index is 0.000000384. The molecule has 4 amide bonds. The van der Waals surface area contributed by atoms with Gasteiger partial charge in [0, 0.05) is 135 Å². The van der Waals surface area contributed by atoms with Crippen molar-refractivity contribution in [1.29, 1.82) is 0 Å². The minimum Gasteiger partial charge on any atom is -0.426 e. The zero-order valence-electron chi connectivity index (χ0n) is 44.7. The number of alkyl halides is 12. The number of piperazine rings is 4. The number of aryl methyl sites for hydroxylation is 2. The number of hydrogen-bond donors (Lipinski definition) is 0. The second-order valence-corrected chi connectivity index (χ2v) is 20.4. The monoisotopic (exact) mass is 1160 g/mol. The van der Waals surface area contributed by atoms with E-state index in [-0.39, 0.29) is 81.9 Å². The summed E-state index contributed by atoms with van der Waals surface area (Å²) in [5.74, 6) is -0.152. The first kappa shape index (κ1) is 68.0. The maximum Gasteiger partial charge on any atom is 0.434 e. The number of benzene rings is 2. The molecule has 2 aromatic carbocycles. The van der Waals surface area contributed by atoms with Gasteiger partial charge in [-0.3, -0.25) is 24.3 Å². The van der Waals surface area contributed by atoms with Crippen LogP contribution in [-0.4, -0.2) is 231 Å². The van der Waals surface area contributed by atoms with Crippen LogP contribution in [0.25, 0.3) is 0 Å². The molecule has 4 fully saturated rings. The van der Waals surface area contributed by atoms with Crippen LogP contribution in [0.5, 0.6) is 0 Å². The van der Waals surface area contributed by atoms with Gasteiger partial charge in [-0.25, -0.2) is 9.59 Å². The molecular weight excluding hydrogens is 1100 g/mol. The van der Waals surface area contributed by atoms with Gasteiger partial charge < -0.3 is 34.0 Å². The van der Waals surface area contributed by atoms with Crippen molar-refractivity contribution in [3.8, 4) is 0 Å². The molecule has 0 spiro atoms. The van der Waals surface area contributed by atoms with Crippen LogP contribution in [-0.2, 0) is 41.7 Å². The number of carbonyl (C=O) groups is 4. The number of likely N-dealkylation sites (N-methyl/N-ethyl adjacent to an activating group) is 1. The van der Waals surface area contributed by atoms with Crippen LogP contribution in [0.1, 0.15) is 63.7 Å². The molecule has 4 saturated heterocycles. The summed E-state index contributed by atoms with van der Waals surface area (Å²) in [6.45, 7) is 17.9. The summed E-state index contributed by atoms with van der Waals surface area (Å²) in [6, 6.07) is 11.1. The van der Waals surface area contributed by atoms with Crippen molar-refractivity contribution in [2.24, 2.45) is 5.41 Å². The molecule has 0 atom stereocenters. The van der Waals surface area contributed by atoms with E-state index in [1.165, 1.54) is 0 Å². The molecule has 448 valence electrons. The minimum absolute atomic E-state index is 0.0725. The molecule has 4 heterocycles. The first-order valence-corrected chi connectivity index (χ1v) is 24.8. The summed E-state index contributed by atoms with van der Waals surface area (Å²) in [6.07, 6.45) is -34.2. The molecule has 2 aromatic rings. The van der Waals surface area contributed by atoms with E-state index in [2.05, 4.69) is 40.0 Å². The molecule has 0 bridgehead atoms. The lowest BCUT2D eigenvalue weighted by Gasteiger charge is -2.38. The predicted molar refractivity (Wildman–Crippen MR) is 256 cm³/mol. The lowest BCUT2D eigenvalue weighted by Crippen LogP contribution is -2.52. The van der Waals surface area contributed by atoms with Crippen LogP contribution < -0.4 is 0 Å². The molecule has 4 aliphatic heterocycles. The average molecular weight is 1170 g/mol. The highest BCUT2D eigenvalue weighted by Gasteiger charge is 2.61. The van der Waals surface area contributed by atoms with Gasteiger partial charge in [0.05, 0.1) is 0 Å². The molecule has 4 aliphatic rings. The van der Waals surface area contributed by atoms with Gasteiger partial charge in [0.2, 0.25) is 0 Å². The minimum atomic E-state index is -5.76. The zero-order chi connectivity index (χ0) is 60.6. The number of nitrogens with zero attached hydrogens (tertiary/aromatic N) is 8. The standard InChI is InChI=1S/C26H36F6N4O3.C22H28F6N4O3.2CO2/c1-18-5-6-19(20(15-18)21(37)35-11-9-34(10-12-35)17-24(2,3)4)16-33-7-13-36(14-8-33)23(38)39-22(25(27,28)29)26(30,31)32;1-15-3-4-16(17(13-15)18(33)31-9-5-29(2)6-10-31)14-30-7-11-32(12-8-30)20(34)35-19(21(23,24)25)22(26,27)28;2*2-1-3/h5-6,15,22H,7-14,16-17H2,1-4H3;3-4,13,19H,5-12,14H2,1-2H3;;. The number of amides is 4. The summed E-state index contributed by atoms with van der Waals surface area (Å²) in [7, 11) is 1.99. The predicted octanol–water partition coefficient (Wildman–Crippen LogP) is 6.51. The molecule has 0 radical (unpaired) electrons. The summed E-state index contributed by atoms with van der Waals surface area (Å²) in [4.78, 5) is 96.7. The average Bonchev–Trinajstić information content (AvgIpc) is 3.35. The Morgan fingerprint density at radius 3 is 1.02 bits per heavy atom. The number of halogens is 12. The van der Waals surface area contributed by atoms with E-state index in [4.69, 9.17) is 19.2 Å². The molecule has 80 heavy (non-hydrogen) atoms. The van der Waals surface area contributed by atoms with Crippen molar-refractivity contribution in [1.82, 2.24) is 39.2 Å². The van der Waals surface area contributed by atoms with Gasteiger partial charge in [-0.05, 0) is 49.6 Å². The van der Waals surface area contributed by atoms with Gasteiger partial charge in [-0.15, -0.1) is 0 Å². The number of carbonyl (C=O) groups excluding carboxylic acids is 8.